The van der Waals surface area contributed by atoms with E-state index in [0.717, 1.165) is 38.6 Å². The van der Waals surface area contributed by atoms with E-state index < -0.39 is 0 Å². The minimum Gasteiger partial charge on any atom is -0.370 e. The molecule has 0 saturated carbocycles. The Kier molecular flexibility index (Phi) is 11.3. The summed E-state index contributed by atoms with van der Waals surface area (Å²) in [6.07, 6.45) is 5.97. The molecule has 19 heavy (non-hydrogen) atoms. The van der Waals surface area contributed by atoms with Gasteiger partial charge in [0.25, 0.3) is 0 Å². The molecule has 0 heterocycles. The van der Waals surface area contributed by atoms with E-state index in [4.69, 9.17) is 5.73 Å². The fourth-order valence-electron chi connectivity index (χ4n) is 1.85. The first kappa shape index (κ1) is 17.9. The molecule has 0 aromatic rings. The zero-order valence-corrected chi connectivity index (χ0v) is 12.3. The fraction of sp³-hybridized carbons (Fsp3) is 0.857. The number of nitrogens with one attached hydrogen (secondary N) is 2. The Labute approximate surface area is 116 Å². The van der Waals surface area contributed by atoms with Gasteiger partial charge in [0, 0.05) is 32.0 Å². The Morgan fingerprint density at radius 1 is 1.11 bits per heavy atom. The van der Waals surface area contributed by atoms with Crippen LogP contribution >= 0.6 is 0 Å². The van der Waals surface area contributed by atoms with Crippen LogP contribution < -0.4 is 16.4 Å². The molecule has 0 aromatic carbocycles. The van der Waals surface area contributed by atoms with Crippen molar-refractivity contribution in [2.75, 3.05) is 13.1 Å². The maximum absolute atomic E-state index is 11.5. The molecule has 1 unspecified atom stereocenters. The molecule has 0 aromatic heterocycles. The molecule has 4 N–H and O–H groups in total. The van der Waals surface area contributed by atoms with Crippen LogP contribution in [0.1, 0.15) is 58.8 Å². The second-order valence-corrected chi connectivity index (χ2v) is 4.92. The minimum absolute atomic E-state index is 0.0641. The highest BCUT2D eigenvalue weighted by Gasteiger charge is 2.11. The van der Waals surface area contributed by atoms with Crippen molar-refractivity contribution in [1.82, 2.24) is 10.6 Å². The lowest BCUT2D eigenvalue weighted by atomic mass is 10.1. The van der Waals surface area contributed by atoms with Gasteiger partial charge in [-0.25, -0.2) is 0 Å². The van der Waals surface area contributed by atoms with E-state index in [9.17, 15) is 9.59 Å². The average Bonchev–Trinajstić information content (AvgIpc) is 2.35. The molecule has 112 valence electrons. The number of amides is 2. The molecule has 5 nitrogen and oxygen atoms in total. The fourth-order valence-corrected chi connectivity index (χ4v) is 1.85. The number of hydrogen-bond acceptors (Lipinski definition) is 3. The van der Waals surface area contributed by atoms with Gasteiger partial charge in [-0.15, -0.1) is 0 Å². The maximum atomic E-state index is 11.5. The summed E-state index contributed by atoms with van der Waals surface area (Å²) >= 11 is 0. The molecule has 0 rings (SSSR count). The lowest BCUT2D eigenvalue weighted by molar-refractivity contribution is -0.121. The van der Waals surface area contributed by atoms with Crippen LogP contribution in [0.2, 0.25) is 0 Å². The van der Waals surface area contributed by atoms with Crippen LogP contribution in [0.25, 0.3) is 0 Å². The first-order valence-corrected chi connectivity index (χ1v) is 7.38. The van der Waals surface area contributed by atoms with Gasteiger partial charge in [-0.05, 0) is 12.8 Å². The standard InChI is InChI=1S/C14H29N3O2/c1-3-5-7-12(11-13(15)18)16-10-8-14(19)17-9-6-4-2/h12,16H,3-11H2,1-2H3,(H2,15,18)(H,17,19). The van der Waals surface area contributed by atoms with E-state index in [1.165, 1.54) is 0 Å². The predicted molar refractivity (Wildman–Crippen MR) is 77.7 cm³/mol. The highest BCUT2D eigenvalue weighted by atomic mass is 16.1. The van der Waals surface area contributed by atoms with Crippen molar-refractivity contribution >= 4 is 11.8 Å². The van der Waals surface area contributed by atoms with Crippen LogP contribution in [-0.2, 0) is 9.59 Å². The van der Waals surface area contributed by atoms with E-state index in [1.807, 2.05) is 0 Å². The summed E-state index contributed by atoms with van der Waals surface area (Å²) in [7, 11) is 0. The van der Waals surface area contributed by atoms with E-state index in [2.05, 4.69) is 24.5 Å². The molecule has 0 radical (unpaired) electrons. The summed E-state index contributed by atoms with van der Waals surface area (Å²) in [5.41, 5.74) is 5.22. The van der Waals surface area contributed by atoms with Crippen molar-refractivity contribution in [3.05, 3.63) is 0 Å². The Bertz CT molecular complexity index is 257. The van der Waals surface area contributed by atoms with Crippen molar-refractivity contribution < 1.29 is 9.59 Å². The monoisotopic (exact) mass is 271 g/mol. The lowest BCUT2D eigenvalue weighted by Gasteiger charge is -2.16. The van der Waals surface area contributed by atoms with Gasteiger partial charge in [-0.1, -0.05) is 33.1 Å². The van der Waals surface area contributed by atoms with Gasteiger partial charge < -0.3 is 16.4 Å². The number of unbranched alkanes of at least 4 members (excludes halogenated alkanes) is 2. The molecule has 0 aliphatic heterocycles. The second-order valence-electron chi connectivity index (χ2n) is 4.92. The van der Waals surface area contributed by atoms with Crippen LogP contribution in [0.3, 0.4) is 0 Å². The summed E-state index contributed by atoms with van der Waals surface area (Å²) in [5.74, 6) is -0.227. The van der Waals surface area contributed by atoms with Crippen LogP contribution in [-0.4, -0.2) is 30.9 Å². The molecule has 5 heteroatoms. The van der Waals surface area contributed by atoms with Gasteiger partial charge in [-0.2, -0.15) is 0 Å². The molecule has 0 aliphatic carbocycles. The molecule has 0 fully saturated rings. The number of carbonyl (C=O) groups excluding carboxylic acids is 2. The molecule has 0 aliphatic rings. The Morgan fingerprint density at radius 3 is 2.37 bits per heavy atom. The summed E-state index contributed by atoms with van der Waals surface area (Å²) in [6, 6.07) is 0.0980. The highest BCUT2D eigenvalue weighted by Crippen LogP contribution is 2.04. The van der Waals surface area contributed by atoms with Gasteiger partial charge in [-0.3, -0.25) is 9.59 Å². The van der Waals surface area contributed by atoms with Gasteiger partial charge in [0.1, 0.15) is 0 Å². The van der Waals surface area contributed by atoms with Crippen molar-refractivity contribution in [2.45, 2.75) is 64.8 Å². The second kappa shape index (κ2) is 12.0. The Balaban J connectivity index is 3.77. The third-order valence-electron chi connectivity index (χ3n) is 2.99. The van der Waals surface area contributed by atoms with Crippen LogP contribution in [0.15, 0.2) is 0 Å². The third kappa shape index (κ3) is 11.7. The third-order valence-corrected chi connectivity index (χ3v) is 2.99. The van der Waals surface area contributed by atoms with Gasteiger partial charge >= 0.3 is 0 Å². The van der Waals surface area contributed by atoms with Crippen LogP contribution in [0.4, 0.5) is 0 Å². The van der Waals surface area contributed by atoms with Crippen molar-refractivity contribution in [3.63, 3.8) is 0 Å². The van der Waals surface area contributed by atoms with E-state index in [0.29, 0.717) is 19.4 Å². The zero-order chi connectivity index (χ0) is 14.5. The number of primary amides is 1. The van der Waals surface area contributed by atoms with E-state index in [1.54, 1.807) is 0 Å². The lowest BCUT2D eigenvalue weighted by Crippen LogP contribution is -2.36. The number of carbonyl (C=O) groups is 2. The molecule has 1 atom stereocenters. The van der Waals surface area contributed by atoms with Gasteiger partial charge in [0.2, 0.25) is 11.8 Å². The SMILES string of the molecule is CCCCNC(=O)CCNC(CCCC)CC(N)=O. The molecule has 0 bridgehead atoms. The predicted octanol–water partition coefficient (Wildman–Crippen LogP) is 1.32. The van der Waals surface area contributed by atoms with Gasteiger partial charge in [0.05, 0.1) is 0 Å². The highest BCUT2D eigenvalue weighted by molar-refractivity contribution is 5.76. The van der Waals surface area contributed by atoms with Gasteiger partial charge in [0.15, 0.2) is 0 Å². The number of nitrogens with two attached hydrogens (primary N) is 1. The largest absolute Gasteiger partial charge is 0.370 e. The van der Waals surface area contributed by atoms with Crippen molar-refractivity contribution in [1.29, 1.82) is 0 Å². The zero-order valence-electron chi connectivity index (χ0n) is 12.3. The normalized spacial score (nSPS) is 12.1. The minimum atomic E-state index is -0.291. The number of rotatable bonds is 12. The first-order valence-electron chi connectivity index (χ1n) is 7.38. The summed E-state index contributed by atoms with van der Waals surface area (Å²) in [6.45, 7) is 5.55. The summed E-state index contributed by atoms with van der Waals surface area (Å²) < 4.78 is 0. The molecule has 0 saturated heterocycles. The van der Waals surface area contributed by atoms with Crippen LogP contribution in [0.5, 0.6) is 0 Å². The summed E-state index contributed by atoms with van der Waals surface area (Å²) in [4.78, 5) is 22.4. The first-order chi connectivity index (χ1) is 9.10. The van der Waals surface area contributed by atoms with Crippen molar-refractivity contribution in [3.8, 4) is 0 Å². The van der Waals surface area contributed by atoms with E-state index in [-0.39, 0.29) is 17.9 Å². The number of hydrogen-bond donors (Lipinski definition) is 3. The van der Waals surface area contributed by atoms with E-state index >= 15 is 0 Å². The molecular weight excluding hydrogens is 242 g/mol. The Morgan fingerprint density at radius 2 is 1.79 bits per heavy atom. The molecular formula is C14H29N3O2. The van der Waals surface area contributed by atoms with Crippen LogP contribution in [0, 0.1) is 0 Å². The summed E-state index contributed by atoms with van der Waals surface area (Å²) in [5, 5.41) is 6.12. The molecule has 0 spiro atoms. The average molecular weight is 271 g/mol. The Hall–Kier alpha value is -1.10. The molecule has 2 amide bonds. The topological polar surface area (TPSA) is 84.2 Å². The quantitative estimate of drug-likeness (QED) is 0.468. The maximum Gasteiger partial charge on any atom is 0.221 e. The smallest absolute Gasteiger partial charge is 0.221 e. The van der Waals surface area contributed by atoms with Crippen molar-refractivity contribution in [2.24, 2.45) is 5.73 Å².